The van der Waals surface area contributed by atoms with Crippen LogP contribution in [0.15, 0.2) is 42.5 Å². The molecule has 1 aliphatic heterocycles. The summed E-state index contributed by atoms with van der Waals surface area (Å²) < 4.78 is 0. The minimum Gasteiger partial charge on any atom is -0.338 e. The predicted octanol–water partition coefficient (Wildman–Crippen LogP) is 3.11. The Morgan fingerprint density at radius 2 is 2.09 bits per heavy atom. The van der Waals surface area contributed by atoms with Gasteiger partial charge in [0.2, 0.25) is 0 Å². The molecule has 1 aromatic carbocycles. The molecule has 1 saturated heterocycles. The molecule has 2 atom stereocenters. The minimum atomic E-state index is -0.0119. The predicted molar refractivity (Wildman–Crippen MR) is 95.3 cm³/mol. The van der Waals surface area contributed by atoms with E-state index in [-0.39, 0.29) is 6.03 Å². The van der Waals surface area contributed by atoms with Gasteiger partial charge in [-0.05, 0) is 31.7 Å². The topological polar surface area (TPSA) is 35.6 Å². The van der Waals surface area contributed by atoms with Crippen LogP contribution in [0.1, 0.15) is 25.8 Å². The van der Waals surface area contributed by atoms with Gasteiger partial charge in [-0.15, -0.1) is 0 Å². The average Bonchev–Trinajstić information content (AvgIpc) is 2.85. The second kappa shape index (κ2) is 8.16. The van der Waals surface area contributed by atoms with Gasteiger partial charge in [0.25, 0.3) is 0 Å². The normalized spacial score (nSPS) is 21.2. The fourth-order valence-electron chi connectivity index (χ4n) is 3.25. The Hall–Kier alpha value is -1.81. The number of carbonyl (C=O) groups is 1. The van der Waals surface area contributed by atoms with Gasteiger partial charge in [0.05, 0.1) is 0 Å². The lowest BCUT2D eigenvalue weighted by atomic mass is 10.1. The number of urea groups is 1. The van der Waals surface area contributed by atoms with E-state index in [0.29, 0.717) is 18.5 Å². The summed E-state index contributed by atoms with van der Waals surface area (Å²) in [5, 5.41) is 3.05. The lowest BCUT2D eigenvalue weighted by Crippen LogP contribution is -2.40. The number of likely N-dealkylation sites (N-methyl/N-ethyl adjacent to an activating group) is 1. The second-order valence-corrected chi connectivity index (χ2v) is 6.87. The molecule has 1 fully saturated rings. The first-order chi connectivity index (χ1) is 11.0. The molecule has 0 aliphatic carbocycles. The highest BCUT2D eigenvalue weighted by Gasteiger charge is 2.29. The maximum atomic E-state index is 12.0. The van der Waals surface area contributed by atoms with Crippen LogP contribution in [-0.4, -0.2) is 48.6 Å². The zero-order chi connectivity index (χ0) is 16.8. The van der Waals surface area contributed by atoms with E-state index in [1.54, 1.807) is 4.90 Å². The van der Waals surface area contributed by atoms with Gasteiger partial charge in [-0.25, -0.2) is 4.79 Å². The van der Waals surface area contributed by atoms with Crippen LogP contribution in [0, 0.1) is 5.92 Å². The van der Waals surface area contributed by atoms with Crippen LogP contribution in [0.4, 0.5) is 4.79 Å². The highest BCUT2D eigenvalue weighted by Crippen LogP contribution is 2.24. The number of hydrogen-bond donors (Lipinski definition) is 1. The van der Waals surface area contributed by atoms with Crippen LogP contribution < -0.4 is 5.32 Å². The number of carbonyl (C=O) groups excluding carboxylic acids is 1. The van der Waals surface area contributed by atoms with Crippen molar-refractivity contribution >= 4 is 6.03 Å². The zero-order valence-corrected chi connectivity index (χ0v) is 14.6. The van der Waals surface area contributed by atoms with Crippen molar-refractivity contribution in [3.63, 3.8) is 0 Å². The molecular formula is C19H29N3O. The quantitative estimate of drug-likeness (QED) is 0.819. The monoisotopic (exact) mass is 315 g/mol. The summed E-state index contributed by atoms with van der Waals surface area (Å²) in [7, 11) is 1.81. The van der Waals surface area contributed by atoms with Gasteiger partial charge >= 0.3 is 6.03 Å². The molecule has 1 N–H and O–H groups in total. The number of nitrogens with one attached hydrogen (secondary N) is 1. The van der Waals surface area contributed by atoms with E-state index in [1.165, 1.54) is 5.56 Å². The van der Waals surface area contributed by atoms with Crippen molar-refractivity contribution < 1.29 is 4.79 Å². The Kier molecular flexibility index (Phi) is 6.22. The van der Waals surface area contributed by atoms with Gasteiger partial charge in [0.1, 0.15) is 0 Å². The molecule has 1 heterocycles. The second-order valence-electron chi connectivity index (χ2n) is 6.87. The van der Waals surface area contributed by atoms with Crippen LogP contribution in [0.3, 0.4) is 0 Å². The standard InChI is InChI=1S/C19H29N3O/c1-15(2)12-21(4)19(23)20-11-18-10-16(3)22(14-18)13-17-8-6-5-7-9-17/h5-9,16,18H,1,10-14H2,2-4H3,(H,20,23). The lowest BCUT2D eigenvalue weighted by Gasteiger charge is -2.21. The Morgan fingerprint density at radius 1 is 1.39 bits per heavy atom. The van der Waals surface area contributed by atoms with Crippen molar-refractivity contribution in [3.8, 4) is 0 Å². The summed E-state index contributed by atoms with van der Waals surface area (Å²) >= 11 is 0. The highest BCUT2D eigenvalue weighted by atomic mass is 16.2. The van der Waals surface area contributed by atoms with Crippen molar-refractivity contribution in [2.45, 2.75) is 32.9 Å². The summed E-state index contributed by atoms with van der Waals surface area (Å²) in [6.45, 7) is 11.4. The summed E-state index contributed by atoms with van der Waals surface area (Å²) in [5.41, 5.74) is 2.34. The van der Waals surface area contributed by atoms with Crippen molar-refractivity contribution in [2.75, 3.05) is 26.7 Å². The number of likely N-dealkylation sites (tertiary alicyclic amines) is 1. The fourth-order valence-corrected chi connectivity index (χ4v) is 3.25. The van der Waals surface area contributed by atoms with Gasteiger partial charge in [0.15, 0.2) is 0 Å². The number of rotatable bonds is 6. The largest absolute Gasteiger partial charge is 0.338 e. The summed E-state index contributed by atoms with van der Waals surface area (Å²) in [6.07, 6.45) is 1.14. The number of amides is 2. The first kappa shape index (κ1) is 17.5. The smallest absolute Gasteiger partial charge is 0.317 e. The third-order valence-electron chi connectivity index (χ3n) is 4.41. The molecule has 4 nitrogen and oxygen atoms in total. The molecule has 0 aromatic heterocycles. The number of nitrogens with zero attached hydrogens (tertiary/aromatic N) is 2. The van der Waals surface area contributed by atoms with Gasteiger partial charge in [-0.3, -0.25) is 4.90 Å². The average molecular weight is 315 g/mol. The Bertz CT molecular complexity index is 529. The Morgan fingerprint density at radius 3 is 2.74 bits per heavy atom. The zero-order valence-electron chi connectivity index (χ0n) is 14.6. The van der Waals surface area contributed by atoms with Crippen molar-refractivity contribution in [1.82, 2.24) is 15.1 Å². The number of hydrogen-bond acceptors (Lipinski definition) is 2. The van der Waals surface area contributed by atoms with Gasteiger partial charge < -0.3 is 10.2 Å². The van der Waals surface area contributed by atoms with Crippen LogP contribution in [0.2, 0.25) is 0 Å². The third kappa shape index (κ3) is 5.39. The molecule has 2 amide bonds. The first-order valence-electron chi connectivity index (χ1n) is 8.37. The van der Waals surface area contributed by atoms with E-state index in [1.807, 2.05) is 14.0 Å². The molecule has 0 bridgehead atoms. The molecule has 0 saturated carbocycles. The molecule has 2 unspecified atom stereocenters. The molecule has 0 spiro atoms. The third-order valence-corrected chi connectivity index (χ3v) is 4.41. The van der Waals surface area contributed by atoms with Crippen LogP contribution >= 0.6 is 0 Å². The van der Waals surface area contributed by atoms with E-state index >= 15 is 0 Å². The SMILES string of the molecule is C=C(C)CN(C)C(=O)NCC1CC(C)N(Cc2ccccc2)C1. The summed E-state index contributed by atoms with van der Waals surface area (Å²) in [6, 6.07) is 11.1. The number of benzene rings is 1. The van der Waals surface area contributed by atoms with Gasteiger partial charge in [-0.2, -0.15) is 0 Å². The lowest BCUT2D eigenvalue weighted by molar-refractivity contribution is 0.209. The molecular weight excluding hydrogens is 286 g/mol. The molecule has 4 heteroatoms. The minimum absolute atomic E-state index is 0.0119. The van der Waals surface area contributed by atoms with Crippen LogP contribution in [-0.2, 0) is 6.54 Å². The highest BCUT2D eigenvalue weighted by molar-refractivity contribution is 5.74. The van der Waals surface area contributed by atoms with Gasteiger partial charge in [-0.1, -0.05) is 42.5 Å². The van der Waals surface area contributed by atoms with Crippen LogP contribution in [0.25, 0.3) is 0 Å². The molecule has 0 radical (unpaired) electrons. The first-order valence-corrected chi connectivity index (χ1v) is 8.37. The fraction of sp³-hybridized carbons (Fsp3) is 0.526. The van der Waals surface area contributed by atoms with E-state index in [9.17, 15) is 4.79 Å². The molecule has 1 aliphatic rings. The molecule has 23 heavy (non-hydrogen) atoms. The Balaban J connectivity index is 1.77. The van der Waals surface area contributed by atoms with Gasteiger partial charge in [0, 0.05) is 39.3 Å². The maximum absolute atomic E-state index is 12.0. The Labute approximate surface area is 140 Å². The van der Waals surface area contributed by atoms with Crippen molar-refractivity contribution in [3.05, 3.63) is 48.0 Å². The van der Waals surface area contributed by atoms with Crippen molar-refractivity contribution in [2.24, 2.45) is 5.92 Å². The van der Waals surface area contributed by atoms with Crippen LogP contribution in [0.5, 0.6) is 0 Å². The molecule has 1 aromatic rings. The summed E-state index contributed by atoms with van der Waals surface area (Å²) in [5.74, 6) is 0.524. The molecule has 2 rings (SSSR count). The van der Waals surface area contributed by atoms with Crippen molar-refractivity contribution in [1.29, 1.82) is 0 Å². The van der Waals surface area contributed by atoms with E-state index in [0.717, 1.165) is 31.6 Å². The molecule has 126 valence electrons. The van der Waals surface area contributed by atoms with E-state index in [2.05, 4.69) is 54.1 Å². The summed E-state index contributed by atoms with van der Waals surface area (Å²) in [4.78, 5) is 16.2. The maximum Gasteiger partial charge on any atom is 0.317 e. The van der Waals surface area contributed by atoms with E-state index < -0.39 is 0 Å². The van der Waals surface area contributed by atoms with E-state index in [4.69, 9.17) is 0 Å².